The molecular weight excluding hydrogens is 248 g/mol. The molecule has 0 saturated heterocycles. The minimum atomic E-state index is -1.78. The lowest BCUT2D eigenvalue weighted by Crippen LogP contribution is -1.93. The molecule has 0 atom stereocenters. The Balaban J connectivity index is 3.86. The molecule has 0 bridgehead atoms. The van der Waals surface area contributed by atoms with Gasteiger partial charge in [0.1, 0.15) is 0 Å². The summed E-state index contributed by atoms with van der Waals surface area (Å²) >= 11 is 0. The van der Waals surface area contributed by atoms with Crippen LogP contribution in [0.15, 0.2) is 0 Å². The van der Waals surface area contributed by atoms with Crippen LogP contribution in [0.5, 0.6) is 0 Å². The van der Waals surface area contributed by atoms with E-state index in [1.54, 1.807) is 0 Å². The molecule has 2 heteroatoms. The Morgan fingerprint density at radius 1 is 0.750 bits per heavy atom. The molecule has 0 aliphatic rings. The monoisotopic (exact) mass is 288 g/mol. The van der Waals surface area contributed by atoms with Gasteiger partial charge in [0.15, 0.2) is 0 Å². The van der Waals surface area contributed by atoms with Crippen LogP contribution >= 0.6 is 0 Å². The topological polar surface area (TPSA) is 37.3 Å². The molecule has 2 nitrogen and oxygen atoms in total. The zero-order chi connectivity index (χ0) is 18.5. The molecule has 0 spiro atoms. The third-order valence-corrected chi connectivity index (χ3v) is 3.47. The number of carboxylic acid groups (broad SMARTS) is 1. The van der Waals surface area contributed by atoms with Gasteiger partial charge in [-0.15, -0.1) is 0 Å². The van der Waals surface area contributed by atoms with Gasteiger partial charge >= 0.3 is 5.97 Å². The van der Waals surface area contributed by atoms with Crippen LogP contribution in [0.25, 0.3) is 0 Å². The summed E-state index contributed by atoms with van der Waals surface area (Å²) in [6.07, 6.45) is 7.56. The second kappa shape index (κ2) is 16.5. The minimum absolute atomic E-state index is 0.196. The third kappa shape index (κ3) is 17.5. The molecule has 0 aliphatic heterocycles. The quantitative estimate of drug-likeness (QED) is 0.337. The smallest absolute Gasteiger partial charge is 0.303 e. The lowest BCUT2D eigenvalue weighted by atomic mass is 10.0. The van der Waals surface area contributed by atoms with E-state index in [1.165, 1.54) is 19.3 Å². The highest BCUT2D eigenvalue weighted by molar-refractivity contribution is 5.66. The second-order valence-electron chi connectivity index (χ2n) is 5.53. The fraction of sp³-hybridized carbons (Fsp3) is 0.944. The molecule has 0 aliphatic carbocycles. The largest absolute Gasteiger partial charge is 0.481 e. The fourth-order valence-electron chi connectivity index (χ4n) is 2.19. The molecule has 0 saturated carbocycles. The van der Waals surface area contributed by atoms with Gasteiger partial charge in [0.05, 0.1) is 0 Å². The van der Waals surface area contributed by atoms with Crippen molar-refractivity contribution in [2.75, 3.05) is 0 Å². The summed E-state index contributed by atoms with van der Waals surface area (Å²) in [5, 5.41) is 8.55. The van der Waals surface area contributed by atoms with E-state index < -0.39 is 18.7 Å². The van der Waals surface area contributed by atoms with Crippen molar-refractivity contribution in [1.29, 1.82) is 0 Å². The number of hydrogen-bond donors (Lipinski definition) is 1. The van der Waals surface area contributed by atoms with Gasteiger partial charge in [0.25, 0.3) is 0 Å². The number of hydrogen-bond acceptors (Lipinski definition) is 1. The lowest BCUT2D eigenvalue weighted by molar-refractivity contribution is -0.137. The molecule has 1 N–H and O–H groups in total. The molecule has 0 aromatic carbocycles. The van der Waals surface area contributed by atoms with Gasteiger partial charge in [0, 0.05) is 11.9 Å². The van der Waals surface area contributed by atoms with Gasteiger partial charge in [0.2, 0.25) is 0 Å². The van der Waals surface area contributed by atoms with E-state index in [4.69, 9.17) is 10.6 Å². The van der Waals surface area contributed by atoms with Gasteiger partial charge in [-0.05, 0) is 6.42 Å². The maximum atomic E-state index is 10.4. The zero-order valence-corrected chi connectivity index (χ0v) is 13.3. The highest BCUT2D eigenvalue weighted by atomic mass is 16.4. The summed E-state index contributed by atoms with van der Waals surface area (Å²) < 4.78 is 32.3. The van der Waals surface area contributed by atoms with Crippen molar-refractivity contribution in [3.8, 4) is 0 Å². The average Bonchev–Trinajstić information content (AvgIpc) is 2.49. The molecule has 0 unspecified atom stereocenters. The molecule has 0 heterocycles. The van der Waals surface area contributed by atoms with Crippen LogP contribution in [0, 0.1) is 0 Å². The maximum Gasteiger partial charge on any atom is 0.303 e. The SMILES string of the molecule is [2H]C([2H])(CCCCCCCC)C([2H])([2H])CCCCCCCC(=O)O. The van der Waals surface area contributed by atoms with Gasteiger partial charge in [-0.1, -0.05) is 96.7 Å². The number of aliphatic carboxylic acids is 1. The zero-order valence-electron chi connectivity index (χ0n) is 17.3. The van der Waals surface area contributed by atoms with Crippen LogP contribution in [0.1, 0.15) is 115 Å². The second-order valence-corrected chi connectivity index (χ2v) is 5.53. The van der Waals surface area contributed by atoms with E-state index >= 15 is 0 Å². The molecular formula is C18H36O2. The van der Waals surface area contributed by atoms with Crippen molar-refractivity contribution < 1.29 is 15.4 Å². The average molecular weight is 289 g/mol. The lowest BCUT2D eigenvalue weighted by Gasteiger charge is -2.03. The van der Waals surface area contributed by atoms with E-state index in [0.29, 0.717) is 19.3 Å². The van der Waals surface area contributed by atoms with E-state index in [0.717, 1.165) is 38.5 Å². The summed E-state index contributed by atoms with van der Waals surface area (Å²) in [4.78, 5) is 10.4. The third-order valence-electron chi connectivity index (χ3n) is 3.47. The van der Waals surface area contributed by atoms with Crippen molar-refractivity contribution in [1.82, 2.24) is 0 Å². The van der Waals surface area contributed by atoms with Crippen molar-refractivity contribution in [2.45, 2.75) is 110 Å². The predicted molar refractivity (Wildman–Crippen MR) is 87.2 cm³/mol. The standard InChI is InChI=1S/C18H36O2/c1-2-3-4-5-6-7-8-9-10-11-12-13-14-15-16-17-18(19)20/h2-17H2,1H3,(H,19,20)/i9D2,10D2. The summed E-state index contributed by atoms with van der Waals surface area (Å²) in [5.41, 5.74) is 0. The van der Waals surface area contributed by atoms with Crippen molar-refractivity contribution in [3.05, 3.63) is 0 Å². The highest BCUT2D eigenvalue weighted by Crippen LogP contribution is 2.13. The molecule has 0 rings (SSSR count). The van der Waals surface area contributed by atoms with Crippen LogP contribution in [0.3, 0.4) is 0 Å². The van der Waals surface area contributed by atoms with Crippen molar-refractivity contribution in [2.24, 2.45) is 0 Å². The Kier molecular flexibility index (Phi) is 10.9. The maximum absolute atomic E-state index is 10.4. The molecule has 0 amide bonds. The summed E-state index contributed by atoms with van der Waals surface area (Å²) in [5.74, 6) is -0.769. The first-order valence-electron chi connectivity index (χ1n) is 10.4. The Morgan fingerprint density at radius 2 is 1.15 bits per heavy atom. The first-order valence-corrected chi connectivity index (χ1v) is 8.45. The first-order chi connectivity index (χ1) is 11.2. The summed E-state index contributed by atoms with van der Waals surface area (Å²) in [7, 11) is 0. The van der Waals surface area contributed by atoms with E-state index in [9.17, 15) is 4.79 Å². The Labute approximate surface area is 132 Å². The van der Waals surface area contributed by atoms with Crippen LogP contribution < -0.4 is 0 Å². The van der Waals surface area contributed by atoms with Crippen LogP contribution in [0.4, 0.5) is 0 Å². The molecule has 0 radical (unpaired) electrons. The van der Waals surface area contributed by atoms with Gasteiger partial charge < -0.3 is 5.11 Å². The number of carbonyl (C=O) groups is 1. The number of unbranched alkanes of at least 4 members (excludes halogenated alkanes) is 9. The van der Waals surface area contributed by atoms with Gasteiger partial charge in [-0.2, -0.15) is 0 Å². The number of rotatable bonds is 16. The Morgan fingerprint density at radius 3 is 1.60 bits per heavy atom. The van der Waals surface area contributed by atoms with Crippen molar-refractivity contribution >= 4 is 5.97 Å². The minimum Gasteiger partial charge on any atom is -0.481 e. The van der Waals surface area contributed by atoms with E-state index in [1.807, 2.05) is 0 Å². The highest BCUT2D eigenvalue weighted by Gasteiger charge is 1.97. The van der Waals surface area contributed by atoms with Crippen LogP contribution in [-0.4, -0.2) is 11.1 Å². The molecule has 0 aromatic heterocycles. The molecule has 0 fully saturated rings. The fourth-order valence-corrected chi connectivity index (χ4v) is 2.19. The van der Waals surface area contributed by atoms with E-state index in [-0.39, 0.29) is 12.8 Å². The molecule has 20 heavy (non-hydrogen) atoms. The molecule has 0 aromatic rings. The van der Waals surface area contributed by atoms with E-state index in [2.05, 4.69) is 6.92 Å². The van der Waals surface area contributed by atoms with Crippen LogP contribution in [-0.2, 0) is 4.79 Å². The Bertz CT molecular complexity index is 333. The molecule has 120 valence electrons. The van der Waals surface area contributed by atoms with Gasteiger partial charge in [-0.25, -0.2) is 0 Å². The number of carboxylic acids is 1. The normalized spacial score (nSPS) is 15.2. The first kappa shape index (κ1) is 13.2. The predicted octanol–water partition coefficient (Wildman–Crippen LogP) is 6.33. The summed E-state index contributed by atoms with van der Waals surface area (Å²) in [6.45, 7) is 2.17. The van der Waals surface area contributed by atoms with Gasteiger partial charge in [-0.3, -0.25) is 4.79 Å². The van der Waals surface area contributed by atoms with Crippen molar-refractivity contribution in [3.63, 3.8) is 0 Å². The van der Waals surface area contributed by atoms with Crippen LogP contribution in [0.2, 0.25) is 0 Å². The Hall–Kier alpha value is -0.530. The summed E-state index contributed by atoms with van der Waals surface area (Å²) in [6, 6.07) is 0.